The molecule has 380 valence electrons. The van der Waals surface area contributed by atoms with Crippen molar-refractivity contribution in [3.05, 3.63) is 85.1 Å². The van der Waals surface area contributed by atoms with Gasteiger partial charge in [-0.1, -0.05) is 254 Å². The second kappa shape index (κ2) is 53.0. The van der Waals surface area contributed by atoms with Gasteiger partial charge in [-0.3, -0.25) is 9.59 Å². The molecule has 3 N–H and O–H groups in total. The number of carbonyl (C=O) groups excluding carboxylic acids is 2. The van der Waals surface area contributed by atoms with Crippen LogP contribution < -0.4 is 5.32 Å². The molecule has 0 aliphatic rings. The Labute approximate surface area is 408 Å². The van der Waals surface area contributed by atoms with Crippen LogP contribution in [0.25, 0.3) is 0 Å². The third-order valence-electron chi connectivity index (χ3n) is 12.3. The second-order valence-corrected chi connectivity index (χ2v) is 18.8. The van der Waals surface area contributed by atoms with E-state index in [4.69, 9.17) is 4.74 Å². The first kappa shape index (κ1) is 63.0. The number of aliphatic hydroxyl groups excluding tert-OH is 2. The summed E-state index contributed by atoms with van der Waals surface area (Å²) in [5.41, 5.74) is 0. The van der Waals surface area contributed by atoms with Crippen LogP contribution >= 0.6 is 0 Å². The zero-order chi connectivity index (χ0) is 48.1. The standard InChI is InChI=1S/C60H105NO5/c1-4-7-10-13-16-19-22-25-28-29-30-32-35-38-41-44-47-50-53-60(65)66-56(51-48-45-42-39-36-33-31-26-23-20-17-14-11-8-5-2)54-59(64)61-57(55-62)58(63)52-49-46-43-40-37-34-27-24-21-18-15-12-9-6-3/h10,13,16-17,19-20,22,25-26,28-32,56-58,62-63H,4-9,11-12,14-15,18,21,23-24,27,33-55H2,1-3H3,(H,61,64)/b13-10+,19-16+,20-17-,25-22+,29-28+,31-26-,32-30+. The fraction of sp³-hybridized carbons (Fsp3) is 0.733. The van der Waals surface area contributed by atoms with E-state index in [0.29, 0.717) is 19.3 Å². The maximum atomic E-state index is 13.3. The molecular weight excluding hydrogens is 815 g/mol. The molecule has 1 amide bonds. The number of rotatable bonds is 49. The first-order valence-corrected chi connectivity index (χ1v) is 27.9. The van der Waals surface area contributed by atoms with E-state index in [1.165, 1.54) is 109 Å². The summed E-state index contributed by atoms with van der Waals surface area (Å²) >= 11 is 0. The number of carbonyl (C=O) groups is 2. The predicted octanol–water partition coefficient (Wildman–Crippen LogP) is 17.1. The lowest BCUT2D eigenvalue weighted by atomic mass is 10.0. The molecule has 0 aromatic heterocycles. The van der Waals surface area contributed by atoms with Crippen molar-refractivity contribution < 1.29 is 24.5 Å². The van der Waals surface area contributed by atoms with E-state index in [9.17, 15) is 19.8 Å². The van der Waals surface area contributed by atoms with Crippen LogP contribution in [0.4, 0.5) is 0 Å². The lowest BCUT2D eigenvalue weighted by Crippen LogP contribution is -2.46. The molecule has 3 unspecified atom stereocenters. The van der Waals surface area contributed by atoms with E-state index in [1.54, 1.807) is 0 Å². The van der Waals surface area contributed by atoms with Gasteiger partial charge in [0, 0.05) is 6.42 Å². The molecule has 0 fully saturated rings. The molecule has 0 aromatic carbocycles. The molecule has 0 radical (unpaired) electrons. The van der Waals surface area contributed by atoms with Crippen LogP contribution in [0.5, 0.6) is 0 Å². The van der Waals surface area contributed by atoms with Gasteiger partial charge < -0.3 is 20.3 Å². The number of allylic oxidation sites excluding steroid dienone is 14. The second-order valence-electron chi connectivity index (χ2n) is 18.8. The molecule has 6 nitrogen and oxygen atoms in total. The highest BCUT2D eigenvalue weighted by atomic mass is 16.5. The van der Waals surface area contributed by atoms with Crippen molar-refractivity contribution >= 4 is 11.9 Å². The predicted molar refractivity (Wildman–Crippen MR) is 287 cm³/mol. The topological polar surface area (TPSA) is 95.9 Å². The first-order valence-electron chi connectivity index (χ1n) is 27.9. The van der Waals surface area contributed by atoms with Crippen molar-refractivity contribution in [1.29, 1.82) is 0 Å². The summed E-state index contributed by atoms with van der Waals surface area (Å²) < 4.78 is 5.94. The van der Waals surface area contributed by atoms with Gasteiger partial charge >= 0.3 is 5.97 Å². The molecule has 0 bridgehead atoms. The van der Waals surface area contributed by atoms with Gasteiger partial charge in [0.15, 0.2) is 0 Å². The van der Waals surface area contributed by atoms with Crippen molar-refractivity contribution in [1.82, 2.24) is 5.32 Å². The van der Waals surface area contributed by atoms with Crippen molar-refractivity contribution in [2.45, 2.75) is 277 Å². The van der Waals surface area contributed by atoms with Gasteiger partial charge in [-0.05, 0) is 77.0 Å². The first-order chi connectivity index (χ1) is 32.5. The van der Waals surface area contributed by atoms with Gasteiger partial charge in [0.1, 0.15) is 6.10 Å². The molecule has 0 aliphatic heterocycles. The Morgan fingerprint density at radius 2 is 0.864 bits per heavy atom. The quantitative estimate of drug-likeness (QED) is 0.0245. The Morgan fingerprint density at radius 3 is 1.38 bits per heavy atom. The fourth-order valence-corrected chi connectivity index (χ4v) is 8.08. The summed E-state index contributed by atoms with van der Waals surface area (Å²) in [5.74, 6) is -0.516. The van der Waals surface area contributed by atoms with E-state index in [1.807, 2.05) is 24.3 Å². The van der Waals surface area contributed by atoms with Crippen molar-refractivity contribution in [3.8, 4) is 0 Å². The summed E-state index contributed by atoms with van der Waals surface area (Å²) in [4.78, 5) is 26.2. The normalized spacial score (nSPS) is 13.8. The maximum absolute atomic E-state index is 13.3. The van der Waals surface area contributed by atoms with Gasteiger partial charge in [0.25, 0.3) is 0 Å². The number of hydrogen-bond acceptors (Lipinski definition) is 5. The van der Waals surface area contributed by atoms with Crippen LogP contribution in [0.3, 0.4) is 0 Å². The highest BCUT2D eigenvalue weighted by Gasteiger charge is 2.24. The molecule has 0 spiro atoms. The number of hydrogen-bond donors (Lipinski definition) is 3. The Balaban J connectivity index is 4.66. The van der Waals surface area contributed by atoms with Crippen molar-refractivity contribution in [2.75, 3.05) is 6.61 Å². The minimum Gasteiger partial charge on any atom is -0.462 e. The highest BCUT2D eigenvalue weighted by Crippen LogP contribution is 2.18. The minimum absolute atomic E-state index is 0.0540. The number of ether oxygens (including phenoxy) is 1. The fourth-order valence-electron chi connectivity index (χ4n) is 8.08. The largest absolute Gasteiger partial charge is 0.462 e. The van der Waals surface area contributed by atoms with Crippen LogP contribution in [0.15, 0.2) is 85.1 Å². The Hall–Kier alpha value is -2.96. The number of unbranched alkanes of at least 4 members (excludes halogenated alkanes) is 27. The summed E-state index contributed by atoms with van der Waals surface area (Å²) in [6.45, 7) is 6.37. The van der Waals surface area contributed by atoms with Crippen LogP contribution in [0, 0.1) is 0 Å². The third-order valence-corrected chi connectivity index (χ3v) is 12.3. The van der Waals surface area contributed by atoms with E-state index < -0.39 is 18.2 Å². The van der Waals surface area contributed by atoms with Crippen LogP contribution in [0.2, 0.25) is 0 Å². The molecule has 0 aliphatic carbocycles. The zero-order valence-electron chi connectivity index (χ0n) is 43.3. The van der Waals surface area contributed by atoms with Crippen LogP contribution in [-0.4, -0.2) is 46.9 Å². The SMILES string of the molecule is CCC/C=C/C=C/C=C/C=C/C=C/CCCCCCCC(=O)OC(CCCCCCC/C=C\C/C=C\CCCCC)CC(=O)NC(CO)C(O)CCCCCCCCCCCCCCCC. The molecule has 0 heterocycles. The maximum Gasteiger partial charge on any atom is 0.306 e. The van der Waals surface area contributed by atoms with Crippen LogP contribution in [0.1, 0.15) is 258 Å². The highest BCUT2D eigenvalue weighted by molar-refractivity contribution is 5.77. The number of esters is 1. The molecule has 6 heteroatoms. The average molecular weight is 921 g/mol. The Bertz CT molecular complexity index is 1260. The van der Waals surface area contributed by atoms with Crippen molar-refractivity contribution in [3.63, 3.8) is 0 Å². The molecule has 0 saturated carbocycles. The summed E-state index contributed by atoms with van der Waals surface area (Å²) in [6.07, 6.45) is 69.2. The van der Waals surface area contributed by atoms with Gasteiger partial charge in [-0.25, -0.2) is 0 Å². The number of nitrogens with one attached hydrogen (secondary N) is 1. The number of aliphatic hydroxyl groups is 2. The zero-order valence-corrected chi connectivity index (χ0v) is 43.3. The van der Waals surface area contributed by atoms with E-state index in [2.05, 4.69) is 86.8 Å². The lowest BCUT2D eigenvalue weighted by Gasteiger charge is -2.24. The summed E-state index contributed by atoms with van der Waals surface area (Å²) in [6, 6.07) is -0.716. The minimum atomic E-state index is -0.801. The van der Waals surface area contributed by atoms with Gasteiger partial charge in [0.05, 0.1) is 25.2 Å². The molecule has 0 saturated heterocycles. The van der Waals surface area contributed by atoms with Crippen molar-refractivity contribution in [2.24, 2.45) is 0 Å². The van der Waals surface area contributed by atoms with E-state index in [-0.39, 0.29) is 24.9 Å². The lowest BCUT2D eigenvalue weighted by molar-refractivity contribution is -0.151. The monoisotopic (exact) mass is 920 g/mol. The van der Waals surface area contributed by atoms with E-state index >= 15 is 0 Å². The Kier molecular flexibility index (Phi) is 50.6. The number of amides is 1. The third kappa shape index (κ3) is 47.5. The molecule has 0 aromatic rings. The molecular formula is C60H105NO5. The van der Waals surface area contributed by atoms with Gasteiger partial charge in [-0.15, -0.1) is 0 Å². The smallest absolute Gasteiger partial charge is 0.306 e. The van der Waals surface area contributed by atoms with Gasteiger partial charge in [0.2, 0.25) is 5.91 Å². The summed E-state index contributed by atoms with van der Waals surface area (Å²) in [5, 5.41) is 23.8. The molecule has 0 rings (SSSR count). The summed E-state index contributed by atoms with van der Waals surface area (Å²) in [7, 11) is 0. The molecule has 66 heavy (non-hydrogen) atoms. The molecule has 3 atom stereocenters. The van der Waals surface area contributed by atoms with Crippen LogP contribution in [-0.2, 0) is 14.3 Å². The van der Waals surface area contributed by atoms with Gasteiger partial charge in [-0.2, -0.15) is 0 Å². The van der Waals surface area contributed by atoms with E-state index in [0.717, 1.165) is 103 Å². The Morgan fingerprint density at radius 1 is 0.455 bits per heavy atom. The average Bonchev–Trinajstić information content (AvgIpc) is 3.31.